The van der Waals surface area contributed by atoms with Crippen molar-refractivity contribution in [3.63, 3.8) is 0 Å². The van der Waals surface area contributed by atoms with Gasteiger partial charge in [0.1, 0.15) is 0 Å². The van der Waals surface area contributed by atoms with Crippen molar-refractivity contribution in [3.05, 3.63) is 0 Å². The van der Waals surface area contributed by atoms with Gasteiger partial charge in [-0.15, -0.1) is 0 Å². The number of rotatable bonds is 14. The third kappa shape index (κ3) is 14.9. The molecule has 0 heterocycles. The van der Waals surface area contributed by atoms with E-state index in [1.165, 1.54) is 63.0 Å². The maximum atomic E-state index is 9.53. The Kier molecular flexibility index (Phi) is 14.8. The Bertz CT molecular complexity index is 185. The molecule has 0 aliphatic carbocycles. The Morgan fingerprint density at radius 2 is 1.10 bits per heavy atom. The van der Waals surface area contributed by atoms with Crippen LogP contribution in [-0.4, -0.2) is 37.1 Å². The standard InChI is InChI=1S/C17H37AsO2/c1-4-5-6-7-8-9-10-11-12-13-18(14-16(2)19)15-17(3)20/h16-17,19-20H,4-15H2,1-3H3. The summed E-state index contributed by atoms with van der Waals surface area (Å²) in [7, 11) is 0. The van der Waals surface area contributed by atoms with Crippen molar-refractivity contribution < 1.29 is 10.2 Å². The molecule has 0 aromatic rings. The SMILES string of the molecule is CCCCCCCCCCC[As](CC(C)O)CC(C)O. The summed E-state index contributed by atoms with van der Waals surface area (Å²) in [6.45, 7) is 6.04. The van der Waals surface area contributed by atoms with Gasteiger partial charge in [0.2, 0.25) is 0 Å². The monoisotopic (exact) mass is 348 g/mol. The van der Waals surface area contributed by atoms with Gasteiger partial charge >= 0.3 is 131 Å². The summed E-state index contributed by atoms with van der Waals surface area (Å²) < 4.78 is 0. The van der Waals surface area contributed by atoms with Crippen LogP contribution >= 0.6 is 0 Å². The van der Waals surface area contributed by atoms with Crippen LogP contribution < -0.4 is 0 Å². The van der Waals surface area contributed by atoms with E-state index in [1.807, 2.05) is 13.8 Å². The first-order valence-electron chi connectivity index (χ1n) is 8.64. The van der Waals surface area contributed by atoms with E-state index in [2.05, 4.69) is 6.92 Å². The predicted octanol–water partition coefficient (Wildman–Crippen LogP) is 4.77. The molecule has 0 bridgehead atoms. The normalized spacial score (nSPS) is 16.1. The molecule has 2 nitrogen and oxygen atoms in total. The van der Waals surface area contributed by atoms with Crippen LogP contribution in [-0.2, 0) is 0 Å². The number of aliphatic hydroxyl groups excluding tert-OH is 2. The van der Waals surface area contributed by atoms with Crippen molar-refractivity contribution in [2.24, 2.45) is 0 Å². The molecular formula is C17H37AsO2. The third-order valence-corrected chi connectivity index (χ3v) is 10.00. The van der Waals surface area contributed by atoms with Gasteiger partial charge in [-0.25, -0.2) is 0 Å². The van der Waals surface area contributed by atoms with Crippen molar-refractivity contribution in [1.29, 1.82) is 0 Å². The second kappa shape index (κ2) is 14.4. The molecule has 122 valence electrons. The van der Waals surface area contributed by atoms with Crippen LogP contribution in [0.1, 0.15) is 78.6 Å². The fraction of sp³-hybridized carbons (Fsp3) is 1.00. The molecule has 2 N–H and O–H groups in total. The Labute approximate surface area is 131 Å². The van der Waals surface area contributed by atoms with Crippen molar-refractivity contribution in [3.8, 4) is 0 Å². The molecule has 0 aromatic heterocycles. The average molecular weight is 348 g/mol. The number of hydrogen-bond acceptors (Lipinski definition) is 2. The van der Waals surface area contributed by atoms with Gasteiger partial charge in [0.15, 0.2) is 0 Å². The molecule has 0 saturated carbocycles. The third-order valence-electron chi connectivity index (χ3n) is 3.62. The van der Waals surface area contributed by atoms with E-state index >= 15 is 0 Å². The van der Waals surface area contributed by atoms with Crippen molar-refractivity contribution in [2.45, 2.75) is 106 Å². The number of aliphatic hydroxyl groups is 2. The first-order chi connectivity index (χ1) is 9.56. The van der Waals surface area contributed by atoms with E-state index in [9.17, 15) is 10.2 Å². The molecule has 0 radical (unpaired) electrons. The van der Waals surface area contributed by atoms with E-state index < -0.39 is 14.7 Å². The molecule has 0 saturated heterocycles. The summed E-state index contributed by atoms with van der Waals surface area (Å²) in [5.74, 6) is 0. The Hall–Kier alpha value is 0.478. The van der Waals surface area contributed by atoms with Crippen LogP contribution in [0, 0.1) is 0 Å². The molecule has 3 heteroatoms. The van der Waals surface area contributed by atoms with E-state index in [4.69, 9.17) is 0 Å². The van der Waals surface area contributed by atoms with Crippen LogP contribution in [0.25, 0.3) is 0 Å². The van der Waals surface area contributed by atoms with Crippen molar-refractivity contribution >= 4 is 14.7 Å². The van der Waals surface area contributed by atoms with Gasteiger partial charge in [0, 0.05) is 0 Å². The zero-order valence-electron chi connectivity index (χ0n) is 14.0. The maximum absolute atomic E-state index is 9.53. The molecule has 0 aliphatic rings. The van der Waals surface area contributed by atoms with Gasteiger partial charge in [0.05, 0.1) is 0 Å². The molecule has 2 atom stereocenters. The van der Waals surface area contributed by atoms with Crippen molar-refractivity contribution in [2.75, 3.05) is 0 Å². The second-order valence-electron chi connectivity index (χ2n) is 6.29. The molecule has 0 aromatic carbocycles. The molecule has 0 rings (SSSR count). The molecule has 2 unspecified atom stereocenters. The van der Waals surface area contributed by atoms with Gasteiger partial charge < -0.3 is 0 Å². The summed E-state index contributed by atoms with van der Waals surface area (Å²) in [4.78, 5) is 0. The van der Waals surface area contributed by atoms with Gasteiger partial charge in [-0.05, 0) is 0 Å². The second-order valence-corrected chi connectivity index (χ2v) is 11.6. The van der Waals surface area contributed by atoms with Gasteiger partial charge in [-0.2, -0.15) is 0 Å². The van der Waals surface area contributed by atoms with Gasteiger partial charge in [-0.1, -0.05) is 0 Å². The fourth-order valence-electron chi connectivity index (χ4n) is 2.65. The van der Waals surface area contributed by atoms with Crippen LogP contribution in [0.5, 0.6) is 0 Å². The Balaban J connectivity index is 3.48. The van der Waals surface area contributed by atoms with E-state index in [-0.39, 0.29) is 12.2 Å². The van der Waals surface area contributed by atoms with E-state index in [0.29, 0.717) is 0 Å². The first kappa shape index (κ1) is 20.5. The zero-order valence-corrected chi connectivity index (χ0v) is 15.9. The fourth-order valence-corrected chi connectivity index (χ4v) is 8.27. The molecule has 20 heavy (non-hydrogen) atoms. The van der Waals surface area contributed by atoms with Crippen LogP contribution in [0.15, 0.2) is 0 Å². The molecule has 0 aliphatic heterocycles. The Morgan fingerprint density at radius 3 is 1.50 bits per heavy atom. The average Bonchev–Trinajstić information content (AvgIpc) is 2.35. The predicted molar refractivity (Wildman–Crippen MR) is 90.8 cm³/mol. The molecular weight excluding hydrogens is 311 g/mol. The number of unbranched alkanes of at least 4 members (excludes halogenated alkanes) is 8. The Morgan fingerprint density at radius 1 is 0.700 bits per heavy atom. The van der Waals surface area contributed by atoms with Crippen LogP contribution in [0.2, 0.25) is 15.6 Å². The summed E-state index contributed by atoms with van der Waals surface area (Å²) in [6.07, 6.45) is 12.0. The van der Waals surface area contributed by atoms with Gasteiger partial charge in [0.25, 0.3) is 0 Å². The summed E-state index contributed by atoms with van der Waals surface area (Å²) >= 11 is -0.994. The van der Waals surface area contributed by atoms with Gasteiger partial charge in [-0.3, -0.25) is 0 Å². The van der Waals surface area contributed by atoms with Crippen LogP contribution in [0.4, 0.5) is 0 Å². The minimum absolute atomic E-state index is 0.174. The van der Waals surface area contributed by atoms with Crippen molar-refractivity contribution in [1.82, 2.24) is 0 Å². The number of hydrogen-bond donors (Lipinski definition) is 2. The molecule has 0 spiro atoms. The first-order valence-corrected chi connectivity index (χ1v) is 12.6. The summed E-state index contributed by atoms with van der Waals surface area (Å²) in [5.41, 5.74) is 0. The molecule has 0 fully saturated rings. The quantitative estimate of drug-likeness (QED) is 0.350. The summed E-state index contributed by atoms with van der Waals surface area (Å²) in [5, 5.41) is 22.3. The van der Waals surface area contributed by atoms with E-state index in [0.717, 1.165) is 10.4 Å². The van der Waals surface area contributed by atoms with Crippen LogP contribution in [0.3, 0.4) is 0 Å². The van der Waals surface area contributed by atoms with E-state index in [1.54, 1.807) is 0 Å². The molecule has 0 amide bonds. The minimum atomic E-state index is -0.994. The topological polar surface area (TPSA) is 40.5 Å². The zero-order chi connectivity index (χ0) is 15.2. The summed E-state index contributed by atoms with van der Waals surface area (Å²) in [6, 6.07) is 0.